The zero-order valence-electron chi connectivity index (χ0n) is 10.7. The number of hydrogen-bond acceptors (Lipinski definition) is 1. The summed E-state index contributed by atoms with van der Waals surface area (Å²) in [4.78, 5) is 4.59. The fourth-order valence-electron chi connectivity index (χ4n) is 2.54. The second kappa shape index (κ2) is 5.06. The molecule has 2 atom stereocenters. The highest BCUT2D eigenvalue weighted by Crippen LogP contribution is 2.40. The van der Waals surface area contributed by atoms with Gasteiger partial charge in [0.15, 0.2) is 0 Å². The minimum atomic E-state index is -0.241. The molecule has 1 heterocycles. The third-order valence-corrected chi connectivity index (χ3v) is 4.68. The molecular formula is C14H15BrClFN2. The zero-order valence-corrected chi connectivity index (χ0v) is 13.0. The minimum Gasteiger partial charge on any atom is -0.328 e. The van der Waals surface area contributed by atoms with E-state index in [1.54, 1.807) is 12.1 Å². The molecule has 0 saturated heterocycles. The Morgan fingerprint density at radius 3 is 2.89 bits per heavy atom. The van der Waals surface area contributed by atoms with Crippen molar-refractivity contribution in [3.05, 3.63) is 28.2 Å². The molecule has 1 saturated carbocycles. The fourth-order valence-corrected chi connectivity index (χ4v) is 3.04. The number of rotatable bonds is 4. The number of nitrogens with zero attached hydrogens (tertiary/aromatic N) is 2. The number of fused-ring (bicyclic) bond motifs is 1. The van der Waals surface area contributed by atoms with Crippen LogP contribution in [0.5, 0.6) is 0 Å². The van der Waals surface area contributed by atoms with Crippen molar-refractivity contribution in [1.82, 2.24) is 9.55 Å². The third kappa shape index (κ3) is 2.52. The number of halogens is 3. The van der Waals surface area contributed by atoms with Crippen molar-refractivity contribution in [3.8, 4) is 0 Å². The van der Waals surface area contributed by atoms with E-state index < -0.39 is 0 Å². The molecule has 1 aromatic carbocycles. The molecular weight excluding hydrogens is 331 g/mol. The summed E-state index contributed by atoms with van der Waals surface area (Å²) in [6.07, 6.45) is 1.97. The molecule has 19 heavy (non-hydrogen) atoms. The van der Waals surface area contributed by atoms with Gasteiger partial charge in [-0.3, -0.25) is 0 Å². The summed E-state index contributed by atoms with van der Waals surface area (Å²) in [7, 11) is 0. The lowest BCUT2D eigenvalue weighted by Gasteiger charge is -2.08. The Morgan fingerprint density at radius 2 is 2.26 bits per heavy atom. The van der Waals surface area contributed by atoms with E-state index in [1.165, 1.54) is 6.42 Å². The average molecular weight is 346 g/mol. The van der Waals surface area contributed by atoms with Gasteiger partial charge in [-0.2, -0.15) is 0 Å². The predicted octanol–water partition coefficient (Wildman–Crippen LogP) is 4.38. The van der Waals surface area contributed by atoms with Gasteiger partial charge in [0.1, 0.15) is 11.6 Å². The molecule has 0 amide bonds. The number of aryl methyl sites for hydroxylation is 1. The van der Waals surface area contributed by atoms with Crippen LogP contribution in [0.1, 0.15) is 19.2 Å². The predicted molar refractivity (Wildman–Crippen MR) is 79.1 cm³/mol. The number of imidazole rings is 1. The summed E-state index contributed by atoms with van der Waals surface area (Å²) in [5.41, 5.74) is 1.71. The SMILES string of the molecule is CC1CC1Cn1c(CCCl)nc2cc(Br)c(F)cc21. The lowest BCUT2D eigenvalue weighted by molar-refractivity contribution is 0.582. The molecule has 0 radical (unpaired) electrons. The molecule has 0 aliphatic heterocycles. The molecule has 1 aliphatic carbocycles. The monoisotopic (exact) mass is 344 g/mol. The van der Waals surface area contributed by atoms with Gasteiger partial charge in [-0.15, -0.1) is 11.6 Å². The minimum absolute atomic E-state index is 0.241. The molecule has 2 nitrogen and oxygen atoms in total. The van der Waals surface area contributed by atoms with Crippen LogP contribution >= 0.6 is 27.5 Å². The molecule has 0 N–H and O–H groups in total. The van der Waals surface area contributed by atoms with Crippen molar-refractivity contribution in [2.75, 3.05) is 5.88 Å². The van der Waals surface area contributed by atoms with Gasteiger partial charge in [0.25, 0.3) is 0 Å². The topological polar surface area (TPSA) is 17.8 Å². The summed E-state index contributed by atoms with van der Waals surface area (Å²) >= 11 is 9.05. The first kappa shape index (κ1) is 13.4. The first-order chi connectivity index (χ1) is 9.10. The Kier molecular flexibility index (Phi) is 3.56. The van der Waals surface area contributed by atoms with Crippen LogP contribution in [0.2, 0.25) is 0 Å². The van der Waals surface area contributed by atoms with Gasteiger partial charge >= 0.3 is 0 Å². The van der Waals surface area contributed by atoms with Gasteiger partial charge in [-0.25, -0.2) is 9.37 Å². The number of hydrogen-bond donors (Lipinski definition) is 0. The van der Waals surface area contributed by atoms with Crippen molar-refractivity contribution in [2.45, 2.75) is 26.3 Å². The van der Waals surface area contributed by atoms with Crippen molar-refractivity contribution in [1.29, 1.82) is 0 Å². The first-order valence-corrected chi connectivity index (χ1v) is 7.83. The molecule has 1 aromatic heterocycles. The molecule has 0 spiro atoms. The standard InChI is InChI=1S/C14H15BrClFN2/c1-8-4-9(8)7-19-13-6-11(17)10(15)5-12(13)18-14(19)2-3-16/h5-6,8-9H,2-4,7H2,1H3. The van der Waals surface area contributed by atoms with Crippen LogP contribution < -0.4 is 0 Å². The molecule has 1 fully saturated rings. The maximum Gasteiger partial charge on any atom is 0.139 e. The second-order valence-corrected chi connectivity index (χ2v) is 6.54. The summed E-state index contributed by atoms with van der Waals surface area (Å²) in [6.45, 7) is 3.17. The lowest BCUT2D eigenvalue weighted by Crippen LogP contribution is -2.07. The third-order valence-electron chi connectivity index (χ3n) is 3.88. The van der Waals surface area contributed by atoms with Gasteiger partial charge < -0.3 is 4.57 Å². The van der Waals surface area contributed by atoms with E-state index in [0.29, 0.717) is 16.3 Å². The molecule has 3 rings (SSSR count). The number of aromatic nitrogens is 2. The van der Waals surface area contributed by atoms with Crippen molar-refractivity contribution in [2.24, 2.45) is 11.8 Å². The van der Waals surface area contributed by atoms with E-state index in [0.717, 1.165) is 35.7 Å². The molecule has 0 bridgehead atoms. The normalized spacial score (nSPS) is 22.1. The summed E-state index contributed by atoms with van der Waals surface area (Å²) in [5.74, 6) is 2.71. The Morgan fingerprint density at radius 1 is 1.53 bits per heavy atom. The molecule has 2 aromatic rings. The Labute approximate surface area is 125 Å². The summed E-state index contributed by atoms with van der Waals surface area (Å²) in [6, 6.07) is 3.31. The maximum absolute atomic E-state index is 13.7. The van der Waals surface area contributed by atoms with E-state index in [-0.39, 0.29) is 5.82 Å². The number of alkyl halides is 1. The highest BCUT2D eigenvalue weighted by Gasteiger charge is 2.33. The lowest BCUT2D eigenvalue weighted by atomic mass is 10.3. The van der Waals surface area contributed by atoms with Crippen LogP contribution in [0, 0.1) is 17.7 Å². The maximum atomic E-state index is 13.7. The van der Waals surface area contributed by atoms with E-state index in [9.17, 15) is 4.39 Å². The van der Waals surface area contributed by atoms with E-state index >= 15 is 0 Å². The van der Waals surface area contributed by atoms with Crippen molar-refractivity contribution < 1.29 is 4.39 Å². The Bertz CT molecular complexity index is 625. The average Bonchev–Trinajstić information content (AvgIpc) is 2.96. The van der Waals surface area contributed by atoms with Crippen LogP contribution in [-0.2, 0) is 13.0 Å². The fraction of sp³-hybridized carbons (Fsp3) is 0.500. The van der Waals surface area contributed by atoms with Crippen molar-refractivity contribution in [3.63, 3.8) is 0 Å². The quantitative estimate of drug-likeness (QED) is 0.752. The van der Waals surface area contributed by atoms with Crippen LogP contribution in [0.15, 0.2) is 16.6 Å². The van der Waals surface area contributed by atoms with Gasteiger partial charge in [0.05, 0.1) is 15.5 Å². The highest BCUT2D eigenvalue weighted by atomic mass is 79.9. The van der Waals surface area contributed by atoms with Gasteiger partial charge in [0.2, 0.25) is 0 Å². The van der Waals surface area contributed by atoms with E-state index in [1.807, 2.05) is 0 Å². The second-order valence-electron chi connectivity index (χ2n) is 5.31. The highest BCUT2D eigenvalue weighted by molar-refractivity contribution is 9.10. The first-order valence-electron chi connectivity index (χ1n) is 6.50. The zero-order chi connectivity index (χ0) is 13.6. The molecule has 5 heteroatoms. The van der Waals surface area contributed by atoms with Crippen LogP contribution in [0.25, 0.3) is 11.0 Å². The Hall–Kier alpha value is -0.610. The molecule has 2 unspecified atom stereocenters. The molecule has 1 aliphatic rings. The van der Waals surface area contributed by atoms with Gasteiger partial charge in [-0.1, -0.05) is 6.92 Å². The van der Waals surface area contributed by atoms with Crippen LogP contribution in [0.4, 0.5) is 4.39 Å². The van der Waals surface area contributed by atoms with Crippen molar-refractivity contribution >= 4 is 38.6 Å². The van der Waals surface area contributed by atoms with Crippen LogP contribution in [0.3, 0.4) is 0 Å². The van der Waals surface area contributed by atoms with Gasteiger partial charge in [-0.05, 0) is 40.3 Å². The largest absolute Gasteiger partial charge is 0.328 e. The Balaban J connectivity index is 2.08. The van der Waals surface area contributed by atoms with E-state index in [4.69, 9.17) is 11.6 Å². The smallest absolute Gasteiger partial charge is 0.139 e. The summed E-state index contributed by atoms with van der Waals surface area (Å²) < 4.78 is 16.3. The van der Waals surface area contributed by atoms with Crippen LogP contribution in [-0.4, -0.2) is 15.4 Å². The molecule has 102 valence electrons. The van der Waals surface area contributed by atoms with E-state index in [2.05, 4.69) is 32.4 Å². The van der Waals surface area contributed by atoms with Gasteiger partial charge in [0, 0.05) is 24.9 Å². The number of benzene rings is 1. The summed E-state index contributed by atoms with van der Waals surface area (Å²) in [5, 5.41) is 0.